The summed E-state index contributed by atoms with van der Waals surface area (Å²) in [4.78, 5) is 24.6. The Balaban J connectivity index is 1.70. The van der Waals surface area contributed by atoms with Gasteiger partial charge in [0.25, 0.3) is 5.91 Å². The molecule has 0 atom stereocenters. The van der Waals surface area contributed by atoms with E-state index in [9.17, 15) is 23.1 Å². The van der Waals surface area contributed by atoms with E-state index >= 15 is 0 Å². The van der Waals surface area contributed by atoms with Crippen molar-refractivity contribution in [2.45, 2.75) is 13.5 Å². The minimum atomic E-state index is -1.58. The highest BCUT2D eigenvalue weighted by molar-refractivity contribution is 6.15. The smallest absolute Gasteiger partial charge is 0.277 e. The predicted molar refractivity (Wildman–Crippen MR) is 127 cm³/mol. The molecule has 0 radical (unpaired) electrons. The van der Waals surface area contributed by atoms with Crippen LogP contribution in [0.2, 0.25) is 0 Å². The summed E-state index contributed by atoms with van der Waals surface area (Å²) in [6.07, 6.45) is 5.16. The van der Waals surface area contributed by atoms with Gasteiger partial charge >= 0.3 is 0 Å². The highest BCUT2D eigenvalue weighted by atomic mass is 19.2. The Morgan fingerprint density at radius 1 is 1.17 bits per heavy atom. The Morgan fingerprint density at radius 2 is 1.89 bits per heavy atom. The van der Waals surface area contributed by atoms with Crippen molar-refractivity contribution in [3.05, 3.63) is 82.8 Å². The number of halogens is 3. The van der Waals surface area contributed by atoms with Crippen LogP contribution in [0.4, 0.5) is 13.2 Å². The van der Waals surface area contributed by atoms with E-state index in [1.165, 1.54) is 16.9 Å². The molecule has 1 aliphatic rings. The van der Waals surface area contributed by atoms with E-state index in [0.717, 1.165) is 23.5 Å². The third kappa shape index (κ3) is 4.82. The van der Waals surface area contributed by atoms with Gasteiger partial charge in [0.15, 0.2) is 17.5 Å². The average molecular weight is 499 g/mol. The summed E-state index contributed by atoms with van der Waals surface area (Å²) in [6, 6.07) is 7.06. The first-order chi connectivity index (χ1) is 17.2. The third-order valence-corrected chi connectivity index (χ3v) is 5.60. The van der Waals surface area contributed by atoms with Gasteiger partial charge in [-0.05, 0) is 48.4 Å². The van der Waals surface area contributed by atoms with Gasteiger partial charge in [-0.1, -0.05) is 6.07 Å². The lowest BCUT2D eigenvalue weighted by Crippen LogP contribution is -2.33. The zero-order chi connectivity index (χ0) is 26.0. The maximum absolute atomic E-state index is 13.8. The molecule has 0 saturated carbocycles. The van der Waals surface area contributed by atoms with Gasteiger partial charge in [-0.3, -0.25) is 9.69 Å². The van der Waals surface area contributed by atoms with E-state index < -0.39 is 23.4 Å². The second kappa shape index (κ2) is 10.2. The maximum atomic E-state index is 13.8. The number of rotatable bonds is 7. The molecule has 1 N–H and O–H groups in total. The van der Waals surface area contributed by atoms with Crippen LogP contribution >= 0.6 is 0 Å². The van der Waals surface area contributed by atoms with Crippen molar-refractivity contribution in [3.8, 4) is 11.4 Å². The number of ether oxygens (including phenoxy) is 1. The molecule has 36 heavy (non-hydrogen) atoms. The summed E-state index contributed by atoms with van der Waals surface area (Å²) in [5, 5.41) is 9.23. The van der Waals surface area contributed by atoms with Crippen LogP contribution in [-0.4, -0.2) is 63.6 Å². The molecular formula is C25H24F3N5O3. The molecule has 0 spiro atoms. The van der Waals surface area contributed by atoms with Gasteiger partial charge in [-0.25, -0.2) is 23.1 Å². The fourth-order valence-electron chi connectivity index (χ4n) is 3.89. The quantitative estimate of drug-likeness (QED) is 0.399. The second-order valence-corrected chi connectivity index (χ2v) is 8.11. The van der Waals surface area contributed by atoms with Crippen LogP contribution in [0.3, 0.4) is 0 Å². The minimum absolute atomic E-state index is 0.00964. The average Bonchev–Trinajstić information content (AvgIpc) is 3.38. The molecule has 1 aliphatic heterocycles. The largest absolute Gasteiger partial charge is 0.495 e. The first kappa shape index (κ1) is 25.0. The summed E-state index contributed by atoms with van der Waals surface area (Å²) in [5.74, 6) is -4.03. The lowest BCUT2D eigenvalue weighted by Gasteiger charge is -2.18. The fourth-order valence-corrected chi connectivity index (χ4v) is 3.89. The van der Waals surface area contributed by atoms with E-state index in [0.29, 0.717) is 11.3 Å². The number of imidazole rings is 1. The molecule has 3 aromatic rings. The van der Waals surface area contributed by atoms with Gasteiger partial charge in [0.05, 0.1) is 44.5 Å². The van der Waals surface area contributed by atoms with Gasteiger partial charge in [0.2, 0.25) is 5.96 Å². The van der Waals surface area contributed by atoms with Crippen LogP contribution in [0.15, 0.2) is 53.5 Å². The number of benzene rings is 2. The van der Waals surface area contributed by atoms with Crippen LogP contribution in [-0.2, 0) is 11.3 Å². The van der Waals surface area contributed by atoms with Gasteiger partial charge in [-0.15, -0.1) is 0 Å². The molecule has 0 bridgehead atoms. The zero-order valence-electron chi connectivity index (χ0n) is 19.9. The highest BCUT2D eigenvalue weighted by Gasteiger charge is 2.37. The number of aryl methyl sites for hydroxylation is 1. The molecule has 2 heterocycles. The molecule has 188 valence electrons. The number of amides is 1. The third-order valence-electron chi connectivity index (χ3n) is 5.60. The van der Waals surface area contributed by atoms with Gasteiger partial charge in [0.1, 0.15) is 11.4 Å². The lowest BCUT2D eigenvalue weighted by molar-refractivity contribution is -0.123. The number of nitrogens with zero attached hydrogens (tertiary/aromatic N) is 5. The van der Waals surface area contributed by atoms with E-state index in [-0.39, 0.29) is 36.9 Å². The minimum Gasteiger partial charge on any atom is -0.495 e. The summed E-state index contributed by atoms with van der Waals surface area (Å²) in [7, 11) is 3.15. The number of likely N-dealkylation sites (N-methyl/N-ethyl adjacent to an activating group) is 1. The number of aliphatic imine (C=N–C) groups is 1. The van der Waals surface area contributed by atoms with Gasteiger partial charge in [-0.2, -0.15) is 0 Å². The number of guanidine groups is 1. The number of aliphatic hydroxyl groups is 1. The van der Waals surface area contributed by atoms with E-state index in [4.69, 9.17) is 4.74 Å². The molecule has 0 unspecified atom stereocenters. The molecule has 2 aromatic carbocycles. The molecule has 4 rings (SSSR count). The van der Waals surface area contributed by atoms with Crippen molar-refractivity contribution in [1.82, 2.24) is 19.4 Å². The molecule has 1 aromatic heterocycles. The number of aliphatic hydroxyl groups excluding tert-OH is 1. The van der Waals surface area contributed by atoms with Crippen molar-refractivity contribution >= 4 is 17.9 Å². The fraction of sp³-hybridized carbons (Fsp3) is 0.240. The van der Waals surface area contributed by atoms with E-state index in [1.54, 1.807) is 31.6 Å². The monoisotopic (exact) mass is 499 g/mol. The van der Waals surface area contributed by atoms with Crippen LogP contribution in [0.1, 0.15) is 16.8 Å². The maximum Gasteiger partial charge on any atom is 0.277 e. The van der Waals surface area contributed by atoms with E-state index in [1.807, 2.05) is 23.8 Å². The SMILES string of the molecule is COc1cc(/C=C2/C(=O)N(Cc3cc(F)c(F)c(F)c3)/C(=N/CCO)N2C)ccc1-n1cnc(C)c1. The second-order valence-electron chi connectivity index (χ2n) is 8.11. The summed E-state index contributed by atoms with van der Waals surface area (Å²) in [6.45, 7) is 1.38. The Hall–Kier alpha value is -4.12. The number of carbonyl (C=O) groups is 1. The number of methoxy groups -OCH3 is 1. The Kier molecular flexibility index (Phi) is 7.11. The van der Waals surface area contributed by atoms with Gasteiger partial charge in [0, 0.05) is 13.2 Å². The molecule has 0 aliphatic carbocycles. The number of hydrogen-bond acceptors (Lipinski definition) is 5. The van der Waals surface area contributed by atoms with Crippen LogP contribution in [0, 0.1) is 24.4 Å². The molecule has 11 heteroatoms. The predicted octanol–water partition coefficient (Wildman–Crippen LogP) is 3.27. The highest BCUT2D eigenvalue weighted by Crippen LogP contribution is 2.29. The molecule has 1 saturated heterocycles. The van der Waals surface area contributed by atoms with Crippen LogP contribution < -0.4 is 4.74 Å². The normalized spacial score (nSPS) is 16.0. The first-order valence-electron chi connectivity index (χ1n) is 11.0. The first-order valence-corrected chi connectivity index (χ1v) is 11.0. The number of hydrogen-bond donors (Lipinski definition) is 1. The summed E-state index contributed by atoms with van der Waals surface area (Å²) >= 11 is 0. The zero-order valence-corrected chi connectivity index (χ0v) is 19.9. The number of carbonyl (C=O) groups excluding carboxylic acids is 1. The van der Waals surface area contributed by atoms with Crippen molar-refractivity contribution in [1.29, 1.82) is 0 Å². The van der Waals surface area contributed by atoms with Crippen molar-refractivity contribution in [2.24, 2.45) is 4.99 Å². The van der Waals surface area contributed by atoms with E-state index in [2.05, 4.69) is 9.98 Å². The Bertz CT molecular complexity index is 1350. The lowest BCUT2D eigenvalue weighted by atomic mass is 10.1. The molecule has 1 fully saturated rings. The Morgan fingerprint density at radius 3 is 2.50 bits per heavy atom. The standard InChI is InChI=1S/C25H24F3N5O3/c1-15-12-32(14-30-15)20-5-4-16(11-22(20)36-3)10-21-24(35)33(25(31(21)2)29-6-7-34)13-17-8-18(26)23(28)19(27)9-17/h4-5,8-12,14,34H,6-7,13H2,1-3H3/b21-10-,29-25+. The van der Waals surface area contributed by atoms with Crippen molar-refractivity contribution in [3.63, 3.8) is 0 Å². The van der Waals surface area contributed by atoms with Crippen molar-refractivity contribution < 1.29 is 27.8 Å². The summed E-state index contributed by atoms with van der Waals surface area (Å²) in [5.41, 5.74) is 2.55. The molecular weight excluding hydrogens is 475 g/mol. The van der Waals surface area contributed by atoms with Crippen LogP contribution in [0.5, 0.6) is 5.75 Å². The summed E-state index contributed by atoms with van der Waals surface area (Å²) < 4.78 is 48.3. The molecule has 1 amide bonds. The Labute approximate surface area is 205 Å². The van der Waals surface area contributed by atoms with Crippen LogP contribution in [0.25, 0.3) is 11.8 Å². The number of aromatic nitrogens is 2. The topological polar surface area (TPSA) is 83.2 Å². The van der Waals surface area contributed by atoms with Gasteiger partial charge < -0.3 is 19.3 Å². The van der Waals surface area contributed by atoms with Crippen molar-refractivity contribution in [2.75, 3.05) is 27.3 Å². The molecule has 8 nitrogen and oxygen atoms in total.